The predicted molar refractivity (Wildman–Crippen MR) is 72.4 cm³/mol. The van der Waals surface area contributed by atoms with E-state index in [0.717, 1.165) is 6.42 Å². The minimum Gasteiger partial charge on any atom is -0.377 e. The molecule has 0 spiro atoms. The Kier molecular flexibility index (Phi) is 4.21. The van der Waals surface area contributed by atoms with Crippen LogP contribution < -0.4 is 10.6 Å². The van der Waals surface area contributed by atoms with E-state index in [1.165, 1.54) is 6.07 Å². The smallest absolute Gasteiger partial charge is 0.293 e. The van der Waals surface area contributed by atoms with Gasteiger partial charge in [-0.3, -0.25) is 14.9 Å². The average molecular weight is 284 g/mol. The molecule has 2 N–H and O–H groups in total. The Bertz CT molecular complexity index is 507. The molecule has 0 bridgehead atoms. The predicted octanol–water partition coefficient (Wildman–Crippen LogP) is 2.33. The summed E-state index contributed by atoms with van der Waals surface area (Å²) in [4.78, 5) is 21.7. The molecule has 102 valence electrons. The van der Waals surface area contributed by atoms with Crippen molar-refractivity contribution in [3.63, 3.8) is 0 Å². The molecule has 0 unspecified atom stereocenters. The van der Waals surface area contributed by atoms with Crippen LogP contribution in [0.1, 0.15) is 19.3 Å². The second kappa shape index (κ2) is 5.88. The van der Waals surface area contributed by atoms with E-state index in [-0.39, 0.29) is 17.6 Å². The lowest BCUT2D eigenvalue weighted by Crippen LogP contribution is -2.23. The second-order valence-electron chi connectivity index (χ2n) is 4.44. The van der Waals surface area contributed by atoms with E-state index in [2.05, 4.69) is 10.6 Å². The number of nitrogens with one attached hydrogen (secondary N) is 2. The Balaban J connectivity index is 2.14. The van der Waals surface area contributed by atoms with E-state index in [0.29, 0.717) is 30.1 Å². The number of amides is 1. The van der Waals surface area contributed by atoms with Crippen LogP contribution in [0.5, 0.6) is 0 Å². The number of benzene rings is 1. The van der Waals surface area contributed by atoms with Crippen molar-refractivity contribution in [1.82, 2.24) is 5.32 Å². The van der Waals surface area contributed by atoms with Crippen molar-refractivity contribution in [2.75, 3.05) is 11.9 Å². The second-order valence-corrected chi connectivity index (χ2v) is 4.87. The Morgan fingerprint density at radius 1 is 1.42 bits per heavy atom. The van der Waals surface area contributed by atoms with Gasteiger partial charge in [-0.05, 0) is 25.0 Å². The molecule has 1 saturated heterocycles. The fraction of sp³-hybridized carbons (Fsp3) is 0.417. The number of anilines is 1. The normalized spacial score (nSPS) is 19.4. The zero-order chi connectivity index (χ0) is 13.8. The van der Waals surface area contributed by atoms with Gasteiger partial charge in [0.15, 0.2) is 0 Å². The van der Waals surface area contributed by atoms with E-state index in [9.17, 15) is 14.9 Å². The van der Waals surface area contributed by atoms with Crippen molar-refractivity contribution in [2.45, 2.75) is 25.3 Å². The summed E-state index contributed by atoms with van der Waals surface area (Å²) in [6, 6.07) is 4.57. The molecule has 1 atom stereocenters. The maximum atomic E-state index is 11.2. The van der Waals surface area contributed by atoms with Crippen LogP contribution in [0.15, 0.2) is 18.2 Å². The minimum atomic E-state index is -0.464. The zero-order valence-corrected chi connectivity index (χ0v) is 10.9. The highest BCUT2D eigenvalue weighted by Gasteiger charge is 2.20. The molecule has 0 aromatic heterocycles. The lowest BCUT2D eigenvalue weighted by molar-refractivity contribution is -0.384. The zero-order valence-electron chi connectivity index (χ0n) is 10.2. The number of nitro groups is 1. The van der Waals surface area contributed by atoms with Crippen molar-refractivity contribution in [3.05, 3.63) is 33.3 Å². The van der Waals surface area contributed by atoms with Crippen molar-refractivity contribution >= 4 is 28.9 Å². The van der Waals surface area contributed by atoms with Crippen LogP contribution in [0.2, 0.25) is 5.02 Å². The molecule has 1 aliphatic rings. The molecule has 0 aliphatic carbocycles. The molecular formula is C12H14ClN3O3. The first-order valence-electron chi connectivity index (χ1n) is 6.03. The van der Waals surface area contributed by atoms with Gasteiger partial charge < -0.3 is 10.6 Å². The van der Waals surface area contributed by atoms with Gasteiger partial charge in [-0.1, -0.05) is 11.6 Å². The lowest BCUT2D eigenvalue weighted by Gasteiger charge is -2.16. The van der Waals surface area contributed by atoms with Gasteiger partial charge in [-0.25, -0.2) is 0 Å². The Morgan fingerprint density at radius 3 is 2.95 bits per heavy atom. The number of hydrogen-bond acceptors (Lipinski definition) is 4. The molecule has 1 heterocycles. The summed E-state index contributed by atoms with van der Waals surface area (Å²) in [5.41, 5.74) is 0.393. The van der Waals surface area contributed by atoms with Crippen molar-refractivity contribution in [1.29, 1.82) is 0 Å². The molecule has 0 saturated carbocycles. The van der Waals surface area contributed by atoms with Crippen LogP contribution in [-0.2, 0) is 4.79 Å². The number of halogens is 1. The van der Waals surface area contributed by atoms with E-state index in [1.54, 1.807) is 12.1 Å². The standard InChI is InChI=1S/C12H14ClN3O3/c13-8-1-3-10(11(7-8)16(18)19)15-9-2-4-12(17)14-6-5-9/h1,3,7,9,15H,2,4-6H2,(H,14,17)/t9-/m0/s1. The van der Waals surface area contributed by atoms with Gasteiger partial charge in [0.1, 0.15) is 5.69 Å². The van der Waals surface area contributed by atoms with E-state index in [1.807, 2.05) is 0 Å². The van der Waals surface area contributed by atoms with Crippen molar-refractivity contribution in [2.24, 2.45) is 0 Å². The van der Waals surface area contributed by atoms with Crippen LogP contribution in [0.4, 0.5) is 11.4 Å². The van der Waals surface area contributed by atoms with Gasteiger partial charge >= 0.3 is 0 Å². The lowest BCUT2D eigenvalue weighted by atomic mass is 10.1. The van der Waals surface area contributed by atoms with Crippen molar-refractivity contribution < 1.29 is 9.72 Å². The topological polar surface area (TPSA) is 84.3 Å². The monoisotopic (exact) mass is 283 g/mol. The molecule has 6 nitrogen and oxygen atoms in total. The quantitative estimate of drug-likeness (QED) is 0.659. The summed E-state index contributed by atoms with van der Waals surface area (Å²) in [5, 5.41) is 17.2. The summed E-state index contributed by atoms with van der Waals surface area (Å²) in [5.74, 6) is 0.0231. The van der Waals surface area contributed by atoms with Gasteiger partial charge in [-0.2, -0.15) is 0 Å². The van der Waals surface area contributed by atoms with E-state index >= 15 is 0 Å². The number of nitrogens with zero attached hydrogens (tertiary/aromatic N) is 1. The highest BCUT2D eigenvalue weighted by atomic mass is 35.5. The van der Waals surface area contributed by atoms with Gasteiger partial charge in [0.05, 0.1) is 4.92 Å². The number of hydrogen-bond donors (Lipinski definition) is 2. The summed E-state index contributed by atoms with van der Waals surface area (Å²) >= 11 is 5.76. The molecule has 1 aromatic carbocycles. The maximum Gasteiger partial charge on any atom is 0.293 e. The maximum absolute atomic E-state index is 11.2. The summed E-state index contributed by atoms with van der Waals surface area (Å²) in [6.07, 6.45) is 1.83. The molecule has 2 rings (SSSR count). The van der Waals surface area contributed by atoms with Crippen LogP contribution in [0, 0.1) is 10.1 Å². The third kappa shape index (κ3) is 3.57. The Hall–Kier alpha value is -1.82. The highest BCUT2D eigenvalue weighted by molar-refractivity contribution is 6.30. The largest absolute Gasteiger partial charge is 0.377 e. The fourth-order valence-electron chi connectivity index (χ4n) is 2.07. The first-order chi connectivity index (χ1) is 9.06. The third-order valence-electron chi connectivity index (χ3n) is 3.05. The fourth-order valence-corrected chi connectivity index (χ4v) is 2.23. The molecular weight excluding hydrogens is 270 g/mol. The number of carbonyl (C=O) groups is 1. The molecule has 0 radical (unpaired) electrons. The highest BCUT2D eigenvalue weighted by Crippen LogP contribution is 2.29. The molecule has 1 amide bonds. The van der Waals surface area contributed by atoms with Crippen LogP contribution >= 0.6 is 11.6 Å². The molecule has 1 fully saturated rings. The van der Waals surface area contributed by atoms with Gasteiger partial charge in [0.25, 0.3) is 5.69 Å². The van der Waals surface area contributed by atoms with Gasteiger partial charge in [0, 0.05) is 30.1 Å². The Labute approximate surface area is 115 Å². The van der Waals surface area contributed by atoms with Crippen LogP contribution in [0.25, 0.3) is 0 Å². The minimum absolute atomic E-state index is 0.0231. The van der Waals surface area contributed by atoms with Crippen LogP contribution in [-0.4, -0.2) is 23.4 Å². The van der Waals surface area contributed by atoms with E-state index < -0.39 is 4.92 Å². The SMILES string of the molecule is O=C1CC[C@H](Nc2ccc(Cl)cc2[N+](=O)[O-])CCN1. The molecule has 1 aromatic rings. The third-order valence-corrected chi connectivity index (χ3v) is 3.29. The number of rotatable bonds is 3. The summed E-state index contributed by atoms with van der Waals surface area (Å²) in [7, 11) is 0. The van der Waals surface area contributed by atoms with Crippen molar-refractivity contribution in [3.8, 4) is 0 Å². The first kappa shape index (κ1) is 13.6. The van der Waals surface area contributed by atoms with Gasteiger partial charge in [0.2, 0.25) is 5.91 Å². The van der Waals surface area contributed by atoms with Crippen LogP contribution in [0.3, 0.4) is 0 Å². The average Bonchev–Trinajstić information content (AvgIpc) is 2.56. The summed E-state index contributed by atoms with van der Waals surface area (Å²) < 4.78 is 0. The first-order valence-corrected chi connectivity index (χ1v) is 6.41. The number of carbonyl (C=O) groups excluding carboxylic acids is 1. The molecule has 1 aliphatic heterocycles. The molecule has 19 heavy (non-hydrogen) atoms. The summed E-state index contributed by atoms with van der Waals surface area (Å²) in [6.45, 7) is 0.581. The Morgan fingerprint density at radius 2 is 2.21 bits per heavy atom. The van der Waals surface area contributed by atoms with Gasteiger partial charge in [-0.15, -0.1) is 0 Å². The number of nitro benzene ring substituents is 1. The molecule has 7 heteroatoms. The van der Waals surface area contributed by atoms with E-state index in [4.69, 9.17) is 11.6 Å².